The van der Waals surface area contributed by atoms with Gasteiger partial charge in [-0.2, -0.15) is 0 Å². The van der Waals surface area contributed by atoms with Gasteiger partial charge in [-0.1, -0.05) is 47.5 Å². The Morgan fingerprint density at radius 2 is 1.79 bits per heavy atom. The minimum atomic E-state index is -0.217. The molecule has 148 valence electrons. The summed E-state index contributed by atoms with van der Waals surface area (Å²) in [6.07, 6.45) is 1.70. The molecule has 0 atom stereocenters. The highest BCUT2D eigenvalue weighted by Crippen LogP contribution is 2.33. The van der Waals surface area contributed by atoms with E-state index in [4.69, 9.17) is 23.2 Å². The van der Waals surface area contributed by atoms with Crippen LogP contribution in [0, 0.1) is 0 Å². The molecule has 0 saturated carbocycles. The van der Waals surface area contributed by atoms with Crippen molar-refractivity contribution in [3.05, 3.63) is 76.3 Å². The normalized spacial score (nSPS) is 10.9. The van der Waals surface area contributed by atoms with Gasteiger partial charge in [0.05, 0.1) is 22.1 Å². The highest BCUT2D eigenvalue weighted by Gasteiger charge is 2.10. The van der Waals surface area contributed by atoms with Gasteiger partial charge in [0.1, 0.15) is 0 Å². The predicted octanol–water partition coefficient (Wildman–Crippen LogP) is 6.42. The second-order valence-electron chi connectivity index (χ2n) is 6.54. The molecule has 0 fully saturated rings. The van der Waals surface area contributed by atoms with E-state index in [-0.39, 0.29) is 5.91 Å². The Morgan fingerprint density at radius 1 is 1.07 bits per heavy atom. The average Bonchev–Trinajstić information content (AvgIpc) is 2.69. The van der Waals surface area contributed by atoms with Gasteiger partial charge in [0.15, 0.2) is 0 Å². The van der Waals surface area contributed by atoms with E-state index in [1.165, 1.54) is 0 Å². The number of hydrogen-bond acceptors (Lipinski definition) is 3. The Bertz CT molecular complexity index is 1070. The van der Waals surface area contributed by atoms with E-state index in [0.29, 0.717) is 26.2 Å². The lowest BCUT2D eigenvalue weighted by molar-refractivity contribution is 0.102. The first-order chi connectivity index (χ1) is 13.8. The third-order valence-corrected chi connectivity index (χ3v) is 5.25. The summed E-state index contributed by atoms with van der Waals surface area (Å²) in [5.41, 5.74) is 3.60. The minimum absolute atomic E-state index is 0.217. The van der Waals surface area contributed by atoms with Crippen molar-refractivity contribution in [2.45, 2.75) is 4.90 Å². The van der Waals surface area contributed by atoms with Crippen molar-refractivity contribution in [2.24, 2.45) is 4.99 Å². The van der Waals surface area contributed by atoms with Crippen molar-refractivity contribution in [3.63, 3.8) is 0 Å². The van der Waals surface area contributed by atoms with Crippen LogP contribution in [0.15, 0.2) is 70.6 Å². The summed E-state index contributed by atoms with van der Waals surface area (Å²) in [7, 11) is 3.78. The molecular weight excluding hydrogens is 425 g/mol. The van der Waals surface area contributed by atoms with Crippen molar-refractivity contribution in [2.75, 3.05) is 19.4 Å². The third kappa shape index (κ3) is 5.32. The van der Waals surface area contributed by atoms with Crippen LogP contribution in [0.25, 0.3) is 11.1 Å². The first kappa shape index (κ1) is 21.2. The second kappa shape index (κ2) is 9.35. The van der Waals surface area contributed by atoms with Crippen molar-refractivity contribution >= 4 is 59.5 Å². The summed E-state index contributed by atoms with van der Waals surface area (Å²) >= 11 is 16.8. The number of anilines is 1. The molecule has 0 bridgehead atoms. The van der Waals surface area contributed by atoms with Gasteiger partial charge < -0.3 is 10.2 Å². The first-order valence-corrected chi connectivity index (χ1v) is 9.95. The van der Waals surface area contributed by atoms with E-state index < -0.39 is 0 Å². The van der Waals surface area contributed by atoms with E-state index in [9.17, 15) is 4.79 Å². The van der Waals surface area contributed by atoms with Crippen LogP contribution in [0.1, 0.15) is 10.4 Å². The molecule has 0 saturated heterocycles. The Kier molecular flexibility index (Phi) is 6.85. The van der Waals surface area contributed by atoms with Gasteiger partial charge in [0.2, 0.25) is 0 Å². The number of thiol groups is 1. The molecule has 3 aromatic rings. The molecule has 0 heterocycles. The van der Waals surface area contributed by atoms with Crippen LogP contribution in [0.4, 0.5) is 11.4 Å². The van der Waals surface area contributed by atoms with Crippen LogP contribution >= 0.6 is 35.8 Å². The van der Waals surface area contributed by atoms with Crippen molar-refractivity contribution in [1.82, 2.24) is 4.90 Å². The number of amides is 1. The van der Waals surface area contributed by atoms with Crippen molar-refractivity contribution < 1.29 is 4.79 Å². The van der Waals surface area contributed by atoms with Crippen LogP contribution in [0.2, 0.25) is 10.0 Å². The molecule has 0 aliphatic rings. The summed E-state index contributed by atoms with van der Waals surface area (Å²) in [6, 6.07) is 18.0. The zero-order valence-corrected chi connectivity index (χ0v) is 18.3. The van der Waals surface area contributed by atoms with Crippen molar-refractivity contribution in [3.8, 4) is 11.1 Å². The fourth-order valence-corrected chi connectivity index (χ4v) is 3.30. The molecule has 1 N–H and O–H groups in total. The lowest BCUT2D eigenvalue weighted by Gasteiger charge is -2.10. The summed E-state index contributed by atoms with van der Waals surface area (Å²) in [5, 5.41) is 3.86. The molecule has 3 rings (SSSR count). The molecule has 7 heteroatoms. The van der Waals surface area contributed by atoms with E-state index >= 15 is 0 Å². The van der Waals surface area contributed by atoms with E-state index in [1.54, 1.807) is 36.7 Å². The van der Waals surface area contributed by atoms with Crippen LogP contribution in [0.5, 0.6) is 0 Å². The molecule has 0 aromatic heterocycles. The quantitative estimate of drug-likeness (QED) is 0.271. The van der Waals surface area contributed by atoms with E-state index in [2.05, 4.69) is 22.9 Å². The lowest BCUT2D eigenvalue weighted by Crippen LogP contribution is -2.11. The number of nitrogens with one attached hydrogen (secondary N) is 1. The molecule has 1 amide bonds. The third-order valence-electron chi connectivity index (χ3n) is 4.07. The molecule has 0 unspecified atom stereocenters. The number of nitrogens with zero attached hydrogens (tertiary/aromatic N) is 2. The van der Waals surface area contributed by atoms with Crippen LogP contribution < -0.4 is 5.32 Å². The van der Waals surface area contributed by atoms with Gasteiger partial charge in [-0.15, -0.1) is 12.6 Å². The first-order valence-electron chi connectivity index (χ1n) is 8.74. The molecule has 0 spiro atoms. The maximum absolute atomic E-state index is 12.6. The highest BCUT2D eigenvalue weighted by atomic mass is 35.5. The fraction of sp³-hybridized carbons (Fsp3) is 0.0909. The topological polar surface area (TPSA) is 44.7 Å². The molecule has 3 aromatic carbocycles. The average molecular weight is 444 g/mol. The van der Waals surface area contributed by atoms with Gasteiger partial charge >= 0.3 is 0 Å². The Morgan fingerprint density at radius 3 is 2.45 bits per heavy atom. The molecule has 29 heavy (non-hydrogen) atoms. The number of carbonyl (C=O) groups is 1. The Balaban J connectivity index is 1.74. The summed E-state index contributed by atoms with van der Waals surface area (Å²) < 4.78 is 0. The maximum atomic E-state index is 12.6. The standard InChI is InChI=1S/C22H19Cl2N3OS/c1-27(2)13-25-19-11-10-16(12-20(19)29)26-22(28)15-8-6-14(7-9-15)17-4-3-5-18(23)21(17)24/h3-13,29H,1-2H3,(H,26,28). The zero-order valence-electron chi connectivity index (χ0n) is 15.9. The van der Waals surface area contributed by atoms with Gasteiger partial charge in [-0.3, -0.25) is 4.79 Å². The Labute approximate surface area is 185 Å². The van der Waals surface area contributed by atoms with E-state index in [0.717, 1.165) is 16.8 Å². The predicted molar refractivity (Wildman–Crippen MR) is 125 cm³/mol. The van der Waals surface area contributed by atoms with Crippen molar-refractivity contribution in [1.29, 1.82) is 0 Å². The molecular formula is C22H19Cl2N3OS. The van der Waals surface area contributed by atoms with E-state index in [1.807, 2.05) is 49.3 Å². The summed E-state index contributed by atoms with van der Waals surface area (Å²) in [6.45, 7) is 0. The molecule has 0 aliphatic carbocycles. The van der Waals surface area contributed by atoms with Gasteiger partial charge in [0, 0.05) is 35.8 Å². The lowest BCUT2D eigenvalue weighted by atomic mass is 10.0. The molecule has 0 aliphatic heterocycles. The van der Waals surface area contributed by atoms with Crippen LogP contribution in [-0.4, -0.2) is 31.2 Å². The Hall–Kier alpha value is -2.47. The molecule has 4 nitrogen and oxygen atoms in total. The smallest absolute Gasteiger partial charge is 0.255 e. The van der Waals surface area contributed by atoms with Gasteiger partial charge in [-0.05, 0) is 42.0 Å². The SMILES string of the molecule is CN(C)C=Nc1ccc(NC(=O)c2ccc(-c3cccc(Cl)c3Cl)cc2)cc1S. The number of benzene rings is 3. The number of rotatable bonds is 5. The summed E-state index contributed by atoms with van der Waals surface area (Å²) in [4.78, 5) is 19.4. The summed E-state index contributed by atoms with van der Waals surface area (Å²) in [5.74, 6) is -0.217. The zero-order chi connectivity index (χ0) is 21.0. The second-order valence-corrected chi connectivity index (χ2v) is 7.81. The molecule has 0 radical (unpaired) electrons. The van der Waals surface area contributed by atoms with Crippen LogP contribution in [-0.2, 0) is 0 Å². The maximum Gasteiger partial charge on any atom is 0.255 e. The minimum Gasteiger partial charge on any atom is -0.369 e. The number of aliphatic imine (C=N–C) groups is 1. The number of hydrogen-bond donors (Lipinski definition) is 2. The highest BCUT2D eigenvalue weighted by molar-refractivity contribution is 7.80. The fourth-order valence-electron chi connectivity index (χ4n) is 2.62. The number of halogens is 2. The monoisotopic (exact) mass is 443 g/mol. The number of carbonyl (C=O) groups excluding carboxylic acids is 1. The van der Waals surface area contributed by atoms with Gasteiger partial charge in [-0.25, -0.2) is 4.99 Å². The largest absolute Gasteiger partial charge is 0.369 e. The van der Waals surface area contributed by atoms with Crippen LogP contribution in [0.3, 0.4) is 0 Å². The van der Waals surface area contributed by atoms with Gasteiger partial charge in [0.25, 0.3) is 5.91 Å².